The number of esters is 1. The third kappa shape index (κ3) is 3.60. The molecule has 1 aromatic heterocycles. The van der Waals surface area contributed by atoms with Gasteiger partial charge in [0.25, 0.3) is 0 Å². The van der Waals surface area contributed by atoms with Crippen molar-refractivity contribution >= 4 is 27.7 Å². The van der Waals surface area contributed by atoms with Crippen LogP contribution in [0.1, 0.15) is 28.9 Å². The third-order valence-electron chi connectivity index (χ3n) is 3.90. The second-order valence-corrected chi connectivity index (χ2v) is 6.28. The summed E-state index contributed by atoms with van der Waals surface area (Å²) in [6, 6.07) is 11.5. The maximum absolute atomic E-state index is 12.2. The largest absolute Gasteiger partial charge is 0.462 e. The third-order valence-corrected chi connectivity index (χ3v) is 4.62. The molecule has 6 heteroatoms. The Labute approximate surface area is 149 Å². The molecule has 1 unspecified atom stereocenters. The number of halogens is 1. The first kappa shape index (κ1) is 16.9. The molecule has 1 fully saturated rings. The highest BCUT2D eigenvalue weighted by Crippen LogP contribution is 2.31. The second-order valence-electron chi connectivity index (χ2n) is 5.42. The predicted molar refractivity (Wildman–Crippen MR) is 95.2 cm³/mol. The van der Waals surface area contributed by atoms with E-state index in [1.54, 1.807) is 25.3 Å². The van der Waals surface area contributed by atoms with E-state index in [4.69, 9.17) is 9.47 Å². The van der Waals surface area contributed by atoms with Crippen LogP contribution < -0.4 is 4.90 Å². The molecule has 126 valence electrons. The average Bonchev–Trinajstić information content (AvgIpc) is 2.62. The van der Waals surface area contributed by atoms with E-state index in [2.05, 4.69) is 25.8 Å². The van der Waals surface area contributed by atoms with Crippen LogP contribution in [0.4, 0.5) is 5.82 Å². The van der Waals surface area contributed by atoms with Crippen molar-refractivity contribution in [2.24, 2.45) is 0 Å². The second kappa shape index (κ2) is 7.77. The van der Waals surface area contributed by atoms with Gasteiger partial charge in [0.15, 0.2) is 0 Å². The van der Waals surface area contributed by atoms with Crippen LogP contribution in [0.5, 0.6) is 0 Å². The van der Waals surface area contributed by atoms with Gasteiger partial charge in [-0.05, 0) is 30.7 Å². The molecule has 0 amide bonds. The van der Waals surface area contributed by atoms with Crippen LogP contribution in [-0.2, 0) is 9.47 Å². The maximum atomic E-state index is 12.2. The van der Waals surface area contributed by atoms with E-state index in [1.165, 1.54) is 0 Å². The molecule has 1 aromatic carbocycles. The molecule has 0 saturated carbocycles. The van der Waals surface area contributed by atoms with Gasteiger partial charge in [-0.3, -0.25) is 0 Å². The van der Waals surface area contributed by atoms with Gasteiger partial charge in [-0.1, -0.05) is 34.1 Å². The first-order chi connectivity index (χ1) is 11.7. The Kier molecular flexibility index (Phi) is 5.48. The molecule has 0 spiro atoms. The highest BCUT2D eigenvalue weighted by atomic mass is 79.9. The van der Waals surface area contributed by atoms with E-state index in [-0.39, 0.29) is 12.1 Å². The number of anilines is 1. The quantitative estimate of drug-likeness (QED) is 0.746. The summed E-state index contributed by atoms with van der Waals surface area (Å²) < 4.78 is 12.1. The van der Waals surface area contributed by atoms with Gasteiger partial charge >= 0.3 is 5.97 Å². The standard InChI is InChI=1S/C18H19BrN2O3/c1-2-23-18(22)14-7-5-9-20-17(14)21-10-11-24-16(12-21)13-6-3-4-8-15(13)19/h3-9,16H,2,10-12H2,1H3. The number of pyridine rings is 1. The van der Waals surface area contributed by atoms with E-state index in [0.29, 0.717) is 37.7 Å². The molecule has 0 bridgehead atoms. The van der Waals surface area contributed by atoms with Crippen molar-refractivity contribution in [1.29, 1.82) is 0 Å². The van der Waals surface area contributed by atoms with Crippen molar-refractivity contribution in [3.8, 4) is 0 Å². The first-order valence-corrected chi connectivity index (χ1v) is 8.73. The number of morpholine rings is 1. The summed E-state index contributed by atoms with van der Waals surface area (Å²) in [7, 11) is 0. The Morgan fingerprint density at radius 2 is 2.21 bits per heavy atom. The lowest BCUT2D eigenvalue weighted by Gasteiger charge is -2.35. The van der Waals surface area contributed by atoms with Crippen molar-refractivity contribution in [3.63, 3.8) is 0 Å². The number of hydrogen-bond donors (Lipinski definition) is 0. The van der Waals surface area contributed by atoms with Crippen molar-refractivity contribution < 1.29 is 14.3 Å². The lowest BCUT2D eigenvalue weighted by atomic mass is 10.1. The summed E-state index contributed by atoms with van der Waals surface area (Å²) in [6.07, 6.45) is 1.62. The molecule has 24 heavy (non-hydrogen) atoms. The fraction of sp³-hybridized carbons (Fsp3) is 0.333. The summed E-state index contributed by atoms with van der Waals surface area (Å²) in [4.78, 5) is 18.7. The molecular weight excluding hydrogens is 372 g/mol. The molecular formula is C18H19BrN2O3. The summed E-state index contributed by atoms with van der Waals surface area (Å²) in [6.45, 7) is 4.03. The van der Waals surface area contributed by atoms with E-state index >= 15 is 0 Å². The van der Waals surface area contributed by atoms with Crippen LogP contribution in [0.3, 0.4) is 0 Å². The van der Waals surface area contributed by atoms with Gasteiger partial charge in [0.1, 0.15) is 17.5 Å². The molecule has 1 aliphatic heterocycles. The minimum atomic E-state index is -0.343. The minimum absolute atomic E-state index is 0.0774. The number of benzene rings is 1. The zero-order valence-corrected chi connectivity index (χ0v) is 15.0. The SMILES string of the molecule is CCOC(=O)c1cccnc1N1CCOC(c2ccccc2Br)C1. The summed E-state index contributed by atoms with van der Waals surface area (Å²) >= 11 is 3.58. The fourth-order valence-electron chi connectivity index (χ4n) is 2.78. The number of carbonyl (C=O) groups excluding carboxylic acids is 1. The van der Waals surface area contributed by atoms with Crippen LogP contribution >= 0.6 is 15.9 Å². The van der Waals surface area contributed by atoms with Gasteiger partial charge in [-0.15, -0.1) is 0 Å². The Morgan fingerprint density at radius 3 is 3.00 bits per heavy atom. The predicted octanol–water partition coefficient (Wildman–Crippen LogP) is 3.60. The van der Waals surface area contributed by atoms with Crippen molar-refractivity contribution in [3.05, 3.63) is 58.2 Å². The van der Waals surface area contributed by atoms with E-state index in [9.17, 15) is 4.79 Å². The zero-order chi connectivity index (χ0) is 16.9. The Morgan fingerprint density at radius 1 is 1.38 bits per heavy atom. The average molecular weight is 391 g/mol. The van der Waals surface area contributed by atoms with Crippen molar-refractivity contribution in [1.82, 2.24) is 4.98 Å². The van der Waals surface area contributed by atoms with Crippen molar-refractivity contribution in [2.45, 2.75) is 13.0 Å². The smallest absolute Gasteiger partial charge is 0.341 e. The van der Waals surface area contributed by atoms with Gasteiger partial charge in [-0.2, -0.15) is 0 Å². The zero-order valence-electron chi connectivity index (χ0n) is 13.4. The summed E-state index contributed by atoms with van der Waals surface area (Å²) in [5.41, 5.74) is 1.59. The molecule has 5 nitrogen and oxygen atoms in total. The van der Waals surface area contributed by atoms with Gasteiger partial charge < -0.3 is 14.4 Å². The highest BCUT2D eigenvalue weighted by Gasteiger charge is 2.27. The topological polar surface area (TPSA) is 51.7 Å². The summed E-state index contributed by atoms with van der Waals surface area (Å²) in [5, 5.41) is 0. The maximum Gasteiger partial charge on any atom is 0.341 e. The molecule has 0 radical (unpaired) electrons. The van der Waals surface area contributed by atoms with Gasteiger partial charge in [0.05, 0.1) is 13.2 Å². The lowest BCUT2D eigenvalue weighted by Crippen LogP contribution is -2.39. The summed E-state index contributed by atoms with van der Waals surface area (Å²) in [5.74, 6) is 0.306. The molecule has 1 atom stereocenters. The van der Waals surface area contributed by atoms with Crippen molar-refractivity contribution in [2.75, 3.05) is 31.2 Å². The van der Waals surface area contributed by atoms with Crippen LogP contribution in [-0.4, -0.2) is 37.3 Å². The fourth-order valence-corrected chi connectivity index (χ4v) is 3.32. The van der Waals surface area contributed by atoms with E-state index in [1.807, 2.05) is 24.3 Å². The Balaban J connectivity index is 1.86. The molecule has 3 rings (SSSR count). The molecule has 2 aromatic rings. The van der Waals surface area contributed by atoms with Crippen LogP contribution in [0, 0.1) is 0 Å². The Hall–Kier alpha value is -1.92. The molecule has 2 heterocycles. The van der Waals surface area contributed by atoms with Crippen LogP contribution in [0.25, 0.3) is 0 Å². The number of hydrogen-bond acceptors (Lipinski definition) is 5. The van der Waals surface area contributed by atoms with Gasteiger partial charge in [-0.25, -0.2) is 9.78 Å². The van der Waals surface area contributed by atoms with Gasteiger partial charge in [0, 0.05) is 23.8 Å². The normalized spacial score (nSPS) is 17.6. The first-order valence-electron chi connectivity index (χ1n) is 7.93. The number of aromatic nitrogens is 1. The molecule has 0 N–H and O–H groups in total. The van der Waals surface area contributed by atoms with E-state index in [0.717, 1.165) is 10.0 Å². The molecule has 1 saturated heterocycles. The minimum Gasteiger partial charge on any atom is -0.462 e. The lowest BCUT2D eigenvalue weighted by molar-refractivity contribution is 0.0385. The Bertz CT molecular complexity index is 723. The number of carbonyl (C=O) groups is 1. The number of ether oxygens (including phenoxy) is 2. The number of rotatable bonds is 4. The molecule has 0 aliphatic carbocycles. The van der Waals surface area contributed by atoms with Gasteiger partial charge in [0.2, 0.25) is 0 Å². The highest BCUT2D eigenvalue weighted by molar-refractivity contribution is 9.10. The number of nitrogens with zero attached hydrogens (tertiary/aromatic N) is 2. The van der Waals surface area contributed by atoms with Crippen LogP contribution in [0.2, 0.25) is 0 Å². The van der Waals surface area contributed by atoms with E-state index < -0.39 is 0 Å². The van der Waals surface area contributed by atoms with Crippen LogP contribution in [0.15, 0.2) is 47.1 Å². The molecule has 1 aliphatic rings. The monoisotopic (exact) mass is 390 g/mol.